The van der Waals surface area contributed by atoms with E-state index in [9.17, 15) is 14.4 Å². The maximum atomic E-state index is 12.7. The zero-order valence-corrected chi connectivity index (χ0v) is 14.0. The number of anilines is 1. The van der Waals surface area contributed by atoms with Crippen molar-refractivity contribution in [3.63, 3.8) is 0 Å². The Morgan fingerprint density at radius 2 is 1.92 bits per heavy atom. The number of para-hydroxylation sites is 1. The summed E-state index contributed by atoms with van der Waals surface area (Å²) in [4.78, 5) is 39.7. The molecule has 3 rings (SSSR count). The molecule has 7 heteroatoms. The van der Waals surface area contributed by atoms with Gasteiger partial charge in [0.25, 0.3) is 5.91 Å². The molecule has 1 aromatic carbocycles. The molecular weight excluding hydrogens is 324 g/mol. The summed E-state index contributed by atoms with van der Waals surface area (Å²) in [7, 11) is 0. The van der Waals surface area contributed by atoms with E-state index in [2.05, 4.69) is 0 Å². The van der Waals surface area contributed by atoms with Crippen molar-refractivity contribution in [2.75, 3.05) is 11.5 Å². The van der Waals surface area contributed by atoms with Crippen molar-refractivity contribution < 1.29 is 23.5 Å². The smallest absolute Gasteiger partial charge is 0.341 e. The van der Waals surface area contributed by atoms with Crippen LogP contribution in [0.4, 0.5) is 10.5 Å². The molecule has 0 aliphatic carbocycles. The molecule has 130 valence electrons. The second-order valence-electron chi connectivity index (χ2n) is 5.57. The Labute approximate surface area is 144 Å². The number of rotatable bonds is 5. The number of ether oxygens (including phenoxy) is 1. The highest BCUT2D eigenvalue weighted by Gasteiger charge is 2.44. The Hall–Kier alpha value is -3.09. The number of carbonyl (C=O) groups excluding carboxylic acids is 3. The first kappa shape index (κ1) is 16.8. The molecule has 1 aliphatic heterocycles. The second kappa shape index (κ2) is 6.80. The molecular formula is C18H18N2O5. The third kappa shape index (κ3) is 3.00. The van der Waals surface area contributed by atoms with Crippen molar-refractivity contribution in [2.24, 2.45) is 0 Å². The van der Waals surface area contributed by atoms with Gasteiger partial charge < -0.3 is 9.15 Å². The van der Waals surface area contributed by atoms with Gasteiger partial charge in [-0.1, -0.05) is 18.2 Å². The predicted molar refractivity (Wildman–Crippen MR) is 89.0 cm³/mol. The van der Waals surface area contributed by atoms with Crippen LogP contribution < -0.4 is 4.90 Å². The Bertz CT molecular complexity index is 799. The number of nitrogens with zero attached hydrogens (tertiary/aromatic N) is 2. The molecule has 7 nitrogen and oxygen atoms in total. The van der Waals surface area contributed by atoms with Crippen LogP contribution in [0.3, 0.4) is 0 Å². The van der Waals surface area contributed by atoms with E-state index in [0.717, 1.165) is 4.90 Å². The first-order chi connectivity index (χ1) is 12.0. The lowest BCUT2D eigenvalue weighted by molar-refractivity contribution is -0.127. The molecule has 0 radical (unpaired) electrons. The highest BCUT2D eigenvalue weighted by molar-refractivity contribution is 6.14. The Morgan fingerprint density at radius 3 is 2.60 bits per heavy atom. The standard InChI is InChI=1S/C18H18N2O5/c1-3-24-17(22)14-9-10-25-15(14)11-19-16(21)12(2)20(18(19)23)13-7-5-4-6-8-13/h4-10,12H,3,11H2,1-2H3. The molecule has 0 bridgehead atoms. The molecule has 0 saturated carbocycles. The topological polar surface area (TPSA) is 80.1 Å². The molecule has 1 aromatic heterocycles. The second-order valence-corrected chi connectivity index (χ2v) is 5.57. The molecule has 1 fully saturated rings. The van der Waals surface area contributed by atoms with Gasteiger partial charge >= 0.3 is 12.0 Å². The molecule has 1 aliphatic rings. The number of amides is 3. The quantitative estimate of drug-likeness (QED) is 0.616. The number of hydrogen-bond acceptors (Lipinski definition) is 5. The minimum Gasteiger partial charge on any atom is -0.467 e. The third-order valence-electron chi connectivity index (χ3n) is 4.02. The van der Waals surface area contributed by atoms with E-state index in [4.69, 9.17) is 9.15 Å². The van der Waals surface area contributed by atoms with E-state index >= 15 is 0 Å². The molecule has 1 saturated heterocycles. The lowest BCUT2D eigenvalue weighted by atomic mass is 10.2. The summed E-state index contributed by atoms with van der Waals surface area (Å²) in [5, 5.41) is 0. The van der Waals surface area contributed by atoms with Crippen LogP contribution in [0.25, 0.3) is 0 Å². The van der Waals surface area contributed by atoms with Crippen LogP contribution in [0.2, 0.25) is 0 Å². The molecule has 0 N–H and O–H groups in total. The zero-order chi connectivity index (χ0) is 18.0. The maximum absolute atomic E-state index is 12.7. The largest absolute Gasteiger partial charge is 0.467 e. The Kier molecular flexibility index (Phi) is 4.56. The SMILES string of the molecule is CCOC(=O)c1ccoc1CN1C(=O)C(C)N(c2ccccc2)C1=O. The minimum atomic E-state index is -0.629. The van der Waals surface area contributed by atoms with Gasteiger partial charge in [-0.3, -0.25) is 14.6 Å². The number of furan rings is 1. The van der Waals surface area contributed by atoms with Gasteiger partial charge in [0.1, 0.15) is 17.4 Å². The van der Waals surface area contributed by atoms with Gasteiger partial charge in [0.2, 0.25) is 0 Å². The lowest BCUT2D eigenvalue weighted by Crippen LogP contribution is -2.33. The van der Waals surface area contributed by atoms with Crippen LogP contribution >= 0.6 is 0 Å². The highest BCUT2D eigenvalue weighted by Crippen LogP contribution is 2.27. The van der Waals surface area contributed by atoms with E-state index in [1.807, 2.05) is 6.07 Å². The number of imide groups is 1. The van der Waals surface area contributed by atoms with Gasteiger partial charge in [-0.2, -0.15) is 0 Å². The van der Waals surface area contributed by atoms with Crippen molar-refractivity contribution in [2.45, 2.75) is 26.4 Å². The molecule has 1 atom stereocenters. The molecule has 2 heterocycles. The third-order valence-corrected chi connectivity index (χ3v) is 4.02. The van der Waals surface area contributed by atoms with Crippen LogP contribution in [0.15, 0.2) is 47.1 Å². The Balaban J connectivity index is 1.85. The average molecular weight is 342 g/mol. The first-order valence-corrected chi connectivity index (χ1v) is 7.97. The maximum Gasteiger partial charge on any atom is 0.341 e. The lowest BCUT2D eigenvalue weighted by Gasteiger charge is -2.19. The van der Waals surface area contributed by atoms with Crippen LogP contribution in [0.5, 0.6) is 0 Å². The summed E-state index contributed by atoms with van der Waals surface area (Å²) in [6.07, 6.45) is 1.34. The van der Waals surface area contributed by atoms with Crippen LogP contribution in [0, 0.1) is 0 Å². The molecule has 0 spiro atoms. The summed E-state index contributed by atoms with van der Waals surface area (Å²) in [6.45, 7) is 3.47. The summed E-state index contributed by atoms with van der Waals surface area (Å²) in [6, 6.07) is 9.36. The number of carbonyl (C=O) groups is 3. The predicted octanol–water partition coefficient (Wildman–Crippen LogP) is 2.81. The molecule has 25 heavy (non-hydrogen) atoms. The van der Waals surface area contributed by atoms with Crippen molar-refractivity contribution in [3.05, 3.63) is 54.0 Å². The van der Waals surface area contributed by atoms with Crippen molar-refractivity contribution in [1.29, 1.82) is 0 Å². The van der Waals surface area contributed by atoms with Gasteiger partial charge in [-0.15, -0.1) is 0 Å². The van der Waals surface area contributed by atoms with E-state index in [1.165, 1.54) is 17.2 Å². The summed E-state index contributed by atoms with van der Waals surface area (Å²) in [5.41, 5.74) is 0.856. The van der Waals surface area contributed by atoms with Gasteiger partial charge in [-0.25, -0.2) is 9.59 Å². The van der Waals surface area contributed by atoms with Crippen molar-refractivity contribution in [1.82, 2.24) is 4.90 Å². The molecule has 2 aromatic rings. The van der Waals surface area contributed by atoms with E-state index in [1.54, 1.807) is 38.1 Å². The number of hydrogen-bond donors (Lipinski definition) is 0. The highest BCUT2D eigenvalue weighted by atomic mass is 16.5. The fourth-order valence-corrected chi connectivity index (χ4v) is 2.79. The normalized spacial score (nSPS) is 17.3. The Morgan fingerprint density at radius 1 is 1.20 bits per heavy atom. The monoisotopic (exact) mass is 342 g/mol. The first-order valence-electron chi connectivity index (χ1n) is 7.97. The zero-order valence-electron chi connectivity index (χ0n) is 14.0. The fourth-order valence-electron chi connectivity index (χ4n) is 2.79. The van der Waals surface area contributed by atoms with Gasteiger partial charge in [-0.05, 0) is 32.0 Å². The molecule has 1 unspecified atom stereocenters. The summed E-state index contributed by atoms with van der Waals surface area (Å²) in [5.74, 6) is -0.666. The van der Waals surface area contributed by atoms with Crippen molar-refractivity contribution in [3.8, 4) is 0 Å². The number of benzene rings is 1. The summed E-state index contributed by atoms with van der Waals surface area (Å²) >= 11 is 0. The van der Waals surface area contributed by atoms with Crippen LogP contribution in [-0.4, -0.2) is 35.5 Å². The number of urea groups is 1. The van der Waals surface area contributed by atoms with E-state index < -0.39 is 18.0 Å². The van der Waals surface area contributed by atoms with E-state index in [-0.39, 0.29) is 30.4 Å². The van der Waals surface area contributed by atoms with E-state index in [0.29, 0.717) is 5.69 Å². The van der Waals surface area contributed by atoms with Gasteiger partial charge in [0.15, 0.2) is 0 Å². The van der Waals surface area contributed by atoms with Crippen molar-refractivity contribution >= 4 is 23.6 Å². The fraction of sp³-hybridized carbons (Fsp3) is 0.278. The minimum absolute atomic E-state index is 0.119. The average Bonchev–Trinajstić information content (AvgIpc) is 3.15. The van der Waals surface area contributed by atoms with Gasteiger partial charge in [0, 0.05) is 5.69 Å². The van der Waals surface area contributed by atoms with Gasteiger partial charge in [0.05, 0.1) is 19.4 Å². The summed E-state index contributed by atoms with van der Waals surface area (Å²) < 4.78 is 10.3. The van der Waals surface area contributed by atoms with Crippen LogP contribution in [0.1, 0.15) is 30.0 Å². The van der Waals surface area contributed by atoms with Crippen LogP contribution in [-0.2, 0) is 16.1 Å². The molecule has 3 amide bonds. The number of esters is 1.